The van der Waals surface area contributed by atoms with Gasteiger partial charge in [-0.1, -0.05) is 12.1 Å². The Morgan fingerprint density at radius 1 is 1.32 bits per heavy atom. The zero-order valence-corrected chi connectivity index (χ0v) is 10.4. The van der Waals surface area contributed by atoms with Crippen molar-refractivity contribution in [2.75, 3.05) is 5.73 Å². The minimum Gasteiger partial charge on any atom is -0.399 e. The molecule has 1 aromatic carbocycles. The van der Waals surface area contributed by atoms with E-state index in [-0.39, 0.29) is 17.5 Å². The van der Waals surface area contributed by atoms with Crippen molar-refractivity contribution < 1.29 is 9.18 Å². The van der Waals surface area contributed by atoms with Gasteiger partial charge in [0.1, 0.15) is 5.82 Å². The molecule has 98 valence electrons. The Kier molecular flexibility index (Phi) is 3.75. The van der Waals surface area contributed by atoms with E-state index in [1.54, 1.807) is 12.1 Å². The normalized spacial score (nSPS) is 11.9. The first-order valence-electron chi connectivity index (χ1n) is 5.83. The molecule has 2 rings (SSSR count). The number of pyridine rings is 1. The molecule has 1 amide bonds. The van der Waals surface area contributed by atoms with Crippen molar-refractivity contribution in [3.8, 4) is 0 Å². The van der Waals surface area contributed by atoms with Crippen LogP contribution in [-0.4, -0.2) is 10.9 Å². The van der Waals surface area contributed by atoms with E-state index in [1.807, 2.05) is 19.1 Å². The number of carbonyl (C=O) groups is 1. The van der Waals surface area contributed by atoms with Crippen molar-refractivity contribution in [2.45, 2.75) is 13.0 Å². The highest BCUT2D eigenvalue weighted by Crippen LogP contribution is 2.15. The van der Waals surface area contributed by atoms with E-state index in [1.165, 1.54) is 6.20 Å². The third kappa shape index (κ3) is 3.28. The molecule has 0 fully saturated rings. The van der Waals surface area contributed by atoms with E-state index >= 15 is 0 Å². The van der Waals surface area contributed by atoms with Gasteiger partial charge in [-0.25, -0.2) is 4.39 Å². The van der Waals surface area contributed by atoms with Gasteiger partial charge in [0.25, 0.3) is 5.91 Å². The summed E-state index contributed by atoms with van der Waals surface area (Å²) in [5.74, 6) is -0.899. The molecule has 1 aromatic heterocycles. The standard InChI is InChI=1S/C14H14FN3O/c1-9(10-2-4-13(16)5-3-10)18-14(19)11-6-12(15)8-17-7-11/h2-9H,16H2,1H3,(H,18,19). The van der Waals surface area contributed by atoms with Gasteiger partial charge in [-0.3, -0.25) is 9.78 Å². The Labute approximate surface area is 110 Å². The first kappa shape index (κ1) is 13.0. The number of nitrogens with zero attached hydrogens (tertiary/aromatic N) is 1. The van der Waals surface area contributed by atoms with Crippen LogP contribution < -0.4 is 11.1 Å². The van der Waals surface area contributed by atoms with Gasteiger partial charge in [0.05, 0.1) is 17.8 Å². The van der Waals surface area contributed by atoms with Crippen LogP contribution in [0.15, 0.2) is 42.7 Å². The number of benzene rings is 1. The number of halogens is 1. The van der Waals surface area contributed by atoms with Crippen molar-refractivity contribution in [2.24, 2.45) is 0 Å². The topological polar surface area (TPSA) is 68.0 Å². The van der Waals surface area contributed by atoms with E-state index in [0.29, 0.717) is 5.69 Å². The molecule has 0 saturated carbocycles. The molecule has 0 bridgehead atoms. The zero-order valence-electron chi connectivity index (χ0n) is 10.4. The van der Waals surface area contributed by atoms with Crippen molar-refractivity contribution >= 4 is 11.6 Å². The van der Waals surface area contributed by atoms with Crippen molar-refractivity contribution in [3.63, 3.8) is 0 Å². The fourth-order valence-corrected chi connectivity index (χ4v) is 1.68. The predicted octanol–water partition coefficient (Wildman–Crippen LogP) is 2.29. The quantitative estimate of drug-likeness (QED) is 0.831. The molecule has 4 nitrogen and oxygen atoms in total. The largest absolute Gasteiger partial charge is 0.399 e. The lowest BCUT2D eigenvalue weighted by atomic mass is 10.1. The van der Waals surface area contributed by atoms with Gasteiger partial charge < -0.3 is 11.1 Å². The minimum absolute atomic E-state index is 0.197. The molecule has 1 unspecified atom stereocenters. The van der Waals surface area contributed by atoms with Gasteiger partial charge in [0, 0.05) is 11.9 Å². The number of hydrogen-bond acceptors (Lipinski definition) is 3. The number of hydrogen-bond donors (Lipinski definition) is 2. The van der Waals surface area contributed by atoms with Gasteiger partial charge in [0.15, 0.2) is 0 Å². The van der Waals surface area contributed by atoms with Gasteiger partial charge >= 0.3 is 0 Å². The lowest BCUT2D eigenvalue weighted by molar-refractivity contribution is 0.0939. The molecule has 3 N–H and O–H groups in total. The molecule has 0 aliphatic rings. The number of aromatic nitrogens is 1. The second kappa shape index (κ2) is 5.48. The van der Waals surface area contributed by atoms with Crippen LogP contribution >= 0.6 is 0 Å². The molecule has 0 radical (unpaired) electrons. The van der Waals surface area contributed by atoms with E-state index in [2.05, 4.69) is 10.3 Å². The van der Waals surface area contributed by atoms with Gasteiger partial charge in [-0.05, 0) is 30.7 Å². The summed E-state index contributed by atoms with van der Waals surface area (Å²) < 4.78 is 13.0. The fraction of sp³-hybridized carbons (Fsp3) is 0.143. The lowest BCUT2D eigenvalue weighted by Gasteiger charge is -2.14. The Morgan fingerprint density at radius 3 is 2.63 bits per heavy atom. The second-order valence-electron chi connectivity index (χ2n) is 4.25. The lowest BCUT2D eigenvalue weighted by Crippen LogP contribution is -2.26. The summed E-state index contributed by atoms with van der Waals surface area (Å²) in [6.07, 6.45) is 2.38. The van der Waals surface area contributed by atoms with Gasteiger partial charge in [0.2, 0.25) is 0 Å². The molecule has 2 aromatic rings. The second-order valence-corrected chi connectivity index (χ2v) is 4.25. The monoisotopic (exact) mass is 259 g/mol. The smallest absolute Gasteiger partial charge is 0.253 e. The van der Waals surface area contributed by atoms with E-state index in [9.17, 15) is 9.18 Å². The fourth-order valence-electron chi connectivity index (χ4n) is 1.68. The van der Waals surface area contributed by atoms with Gasteiger partial charge in [-0.15, -0.1) is 0 Å². The SMILES string of the molecule is CC(NC(=O)c1cncc(F)c1)c1ccc(N)cc1. The van der Waals surface area contributed by atoms with Crippen LogP contribution in [0.3, 0.4) is 0 Å². The molecule has 0 aliphatic heterocycles. The first-order valence-corrected chi connectivity index (χ1v) is 5.83. The Hall–Kier alpha value is -2.43. The average molecular weight is 259 g/mol. The van der Waals surface area contributed by atoms with Crippen LogP contribution in [0.5, 0.6) is 0 Å². The number of anilines is 1. The molecule has 0 saturated heterocycles. The summed E-state index contributed by atoms with van der Waals surface area (Å²) in [4.78, 5) is 15.5. The maximum absolute atomic E-state index is 13.0. The molecule has 5 heteroatoms. The Balaban J connectivity index is 2.08. The summed E-state index contributed by atoms with van der Waals surface area (Å²) in [6.45, 7) is 1.84. The highest BCUT2D eigenvalue weighted by atomic mass is 19.1. The van der Waals surface area contributed by atoms with Crippen LogP contribution in [0.1, 0.15) is 28.9 Å². The Morgan fingerprint density at radius 2 is 2.00 bits per heavy atom. The molecule has 19 heavy (non-hydrogen) atoms. The van der Waals surface area contributed by atoms with E-state index in [0.717, 1.165) is 17.8 Å². The Bertz CT molecular complexity index is 583. The van der Waals surface area contributed by atoms with Crippen LogP contribution in [0.2, 0.25) is 0 Å². The maximum atomic E-state index is 13.0. The predicted molar refractivity (Wildman–Crippen MR) is 70.9 cm³/mol. The van der Waals surface area contributed by atoms with Gasteiger partial charge in [-0.2, -0.15) is 0 Å². The number of nitrogens with one attached hydrogen (secondary N) is 1. The van der Waals surface area contributed by atoms with Crippen LogP contribution in [-0.2, 0) is 0 Å². The van der Waals surface area contributed by atoms with E-state index in [4.69, 9.17) is 5.73 Å². The molecule has 1 atom stereocenters. The van der Waals surface area contributed by atoms with Crippen LogP contribution in [0.25, 0.3) is 0 Å². The maximum Gasteiger partial charge on any atom is 0.253 e. The van der Waals surface area contributed by atoms with Crippen LogP contribution in [0, 0.1) is 5.82 Å². The molecule has 0 spiro atoms. The molecular weight excluding hydrogens is 245 g/mol. The highest BCUT2D eigenvalue weighted by molar-refractivity contribution is 5.94. The molecular formula is C14H14FN3O. The average Bonchev–Trinajstić information content (AvgIpc) is 2.39. The highest BCUT2D eigenvalue weighted by Gasteiger charge is 2.12. The number of rotatable bonds is 3. The summed E-state index contributed by atoms with van der Waals surface area (Å²) in [6, 6.07) is 8.16. The minimum atomic E-state index is -0.534. The number of nitrogen functional groups attached to an aromatic ring is 1. The van der Waals surface area contributed by atoms with E-state index < -0.39 is 5.82 Å². The summed E-state index contributed by atoms with van der Waals surface area (Å²) in [5, 5.41) is 2.77. The van der Waals surface area contributed by atoms with Crippen LogP contribution in [0.4, 0.5) is 10.1 Å². The van der Waals surface area contributed by atoms with Crippen molar-refractivity contribution in [1.82, 2.24) is 10.3 Å². The summed E-state index contributed by atoms with van der Waals surface area (Å²) in [5.41, 5.74) is 7.38. The third-order valence-electron chi connectivity index (χ3n) is 2.75. The number of carbonyl (C=O) groups excluding carboxylic acids is 1. The number of amides is 1. The first-order chi connectivity index (χ1) is 9.06. The summed E-state index contributed by atoms with van der Waals surface area (Å²) >= 11 is 0. The number of nitrogens with two attached hydrogens (primary N) is 1. The summed E-state index contributed by atoms with van der Waals surface area (Å²) in [7, 11) is 0. The third-order valence-corrected chi connectivity index (χ3v) is 2.75. The van der Waals surface area contributed by atoms with Crippen molar-refractivity contribution in [1.29, 1.82) is 0 Å². The van der Waals surface area contributed by atoms with Crippen molar-refractivity contribution in [3.05, 3.63) is 59.7 Å². The molecule has 0 aliphatic carbocycles. The molecule has 1 heterocycles. The zero-order chi connectivity index (χ0) is 13.8.